The van der Waals surface area contributed by atoms with Crippen LogP contribution in [0.1, 0.15) is 118 Å². The molecule has 4 rings (SSSR count). The Labute approximate surface area is 253 Å². The van der Waals surface area contributed by atoms with Gasteiger partial charge < -0.3 is 4.74 Å². The van der Waals surface area contributed by atoms with Crippen LogP contribution in [0, 0.1) is 22.2 Å². The highest BCUT2D eigenvalue weighted by Gasteiger charge is 2.75. The fraction of sp³-hybridized carbons (Fsp3) is 0.553. The van der Waals surface area contributed by atoms with Crippen LogP contribution in [0.25, 0.3) is 0 Å². The van der Waals surface area contributed by atoms with Gasteiger partial charge in [0, 0.05) is 11.1 Å². The fourth-order valence-electron chi connectivity index (χ4n) is 7.42. The molecule has 0 N–H and O–H groups in total. The second kappa shape index (κ2) is 11.6. The van der Waals surface area contributed by atoms with Gasteiger partial charge in [0.15, 0.2) is 22.8 Å². The van der Waals surface area contributed by atoms with Gasteiger partial charge in [-0.1, -0.05) is 79.1 Å². The summed E-state index contributed by atoms with van der Waals surface area (Å²) in [4.78, 5) is 45.1. The first-order valence-corrected chi connectivity index (χ1v) is 15.6. The first kappa shape index (κ1) is 31.9. The van der Waals surface area contributed by atoms with E-state index in [0.29, 0.717) is 49.0 Å². The summed E-state index contributed by atoms with van der Waals surface area (Å²) in [7, 11) is 0. The highest BCUT2D eigenvalue weighted by Crippen LogP contribution is 2.68. The van der Waals surface area contributed by atoms with Crippen LogP contribution in [-0.4, -0.2) is 23.0 Å². The molecule has 1 saturated carbocycles. The van der Waals surface area contributed by atoms with E-state index in [1.165, 1.54) is 11.1 Å². The molecule has 0 spiro atoms. The Kier molecular flexibility index (Phi) is 8.80. The highest BCUT2D eigenvalue weighted by molar-refractivity contribution is 6.30. The third kappa shape index (κ3) is 5.31. The van der Waals surface area contributed by atoms with E-state index in [0.717, 1.165) is 18.4 Å². The summed E-state index contributed by atoms with van der Waals surface area (Å²) in [5.74, 6) is -0.387. The summed E-state index contributed by atoms with van der Waals surface area (Å²) in [6, 6.07) is 9.14. The number of benzene rings is 1. The molecule has 3 aliphatic rings. The summed E-state index contributed by atoms with van der Waals surface area (Å²) >= 11 is 0. The van der Waals surface area contributed by atoms with E-state index in [9.17, 15) is 4.79 Å². The van der Waals surface area contributed by atoms with Crippen LogP contribution < -0.4 is 0 Å². The molecule has 4 nitrogen and oxygen atoms in total. The second-order valence-electron chi connectivity index (χ2n) is 14.6. The monoisotopic (exact) mass is 570 g/mol. The molecule has 226 valence electrons. The van der Waals surface area contributed by atoms with Gasteiger partial charge in [0.1, 0.15) is 11.4 Å². The van der Waals surface area contributed by atoms with Crippen LogP contribution in [0.15, 0.2) is 76.6 Å². The normalized spacial score (nSPS) is 28.0. The first-order chi connectivity index (χ1) is 19.6. The quantitative estimate of drug-likeness (QED) is 0.169. The lowest BCUT2D eigenvalue weighted by Crippen LogP contribution is -2.69. The Morgan fingerprint density at radius 3 is 2.19 bits per heavy atom. The van der Waals surface area contributed by atoms with Gasteiger partial charge in [-0.2, -0.15) is 0 Å². The average Bonchev–Trinajstić information content (AvgIpc) is 2.91. The Hall–Kier alpha value is -3.01. The van der Waals surface area contributed by atoms with Crippen molar-refractivity contribution in [3.63, 3.8) is 0 Å². The summed E-state index contributed by atoms with van der Waals surface area (Å²) in [5, 5.41) is 0. The van der Waals surface area contributed by atoms with Crippen molar-refractivity contribution >= 4 is 17.3 Å². The van der Waals surface area contributed by atoms with Crippen molar-refractivity contribution in [3.05, 3.63) is 82.2 Å². The molecule has 0 aromatic heterocycles. The summed E-state index contributed by atoms with van der Waals surface area (Å²) in [6.45, 7) is 18.5. The standard InChI is InChI=1S/C38H50O4/c1-25(2)14-13-15-27(5)20-23-37-24-29(19-18-26(3)4)36(8,9)38(34(37)41,31(39)28-16-11-10-12-17-28)33-30(32(37)40)21-22-35(6,7)42-33/h10-12,14,16-18,20,29H,13,15,19,21-24H2,1-9H3. The van der Waals surface area contributed by atoms with Gasteiger partial charge in [0.25, 0.3) is 0 Å². The van der Waals surface area contributed by atoms with Crippen molar-refractivity contribution in [1.82, 2.24) is 0 Å². The molecule has 1 aromatic carbocycles. The first-order valence-electron chi connectivity index (χ1n) is 15.6. The van der Waals surface area contributed by atoms with Gasteiger partial charge in [-0.3, -0.25) is 14.4 Å². The van der Waals surface area contributed by atoms with E-state index in [2.05, 4.69) is 66.7 Å². The zero-order valence-corrected chi connectivity index (χ0v) is 27.3. The van der Waals surface area contributed by atoms with E-state index < -0.39 is 21.8 Å². The number of rotatable bonds is 9. The van der Waals surface area contributed by atoms with Crippen LogP contribution in [-0.2, 0) is 14.3 Å². The van der Waals surface area contributed by atoms with E-state index in [-0.39, 0.29) is 23.3 Å². The SMILES string of the molecule is CC(C)=CCCC(C)=CCC12CC(CC=C(C)C)C(C)(C)C(C(=O)c3ccccc3)(C1=O)C1=C(CCC(C)(C)O1)C2=O. The largest absolute Gasteiger partial charge is 0.490 e. The Balaban J connectivity index is 2.00. The molecule has 0 saturated heterocycles. The fourth-order valence-corrected chi connectivity index (χ4v) is 7.42. The Morgan fingerprint density at radius 1 is 0.929 bits per heavy atom. The molecule has 42 heavy (non-hydrogen) atoms. The topological polar surface area (TPSA) is 60.4 Å². The maximum atomic E-state index is 15.3. The average molecular weight is 571 g/mol. The zero-order chi connectivity index (χ0) is 31.1. The molecular formula is C38H50O4. The van der Waals surface area contributed by atoms with Crippen LogP contribution in [0.3, 0.4) is 0 Å². The Bertz CT molecular complexity index is 1380. The third-order valence-electron chi connectivity index (χ3n) is 10.1. The lowest BCUT2D eigenvalue weighted by molar-refractivity contribution is -0.170. The molecule has 2 bridgehead atoms. The number of hydrogen-bond donors (Lipinski definition) is 0. The zero-order valence-electron chi connectivity index (χ0n) is 27.3. The van der Waals surface area contributed by atoms with E-state index in [1.807, 2.05) is 32.0 Å². The molecule has 3 unspecified atom stereocenters. The van der Waals surface area contributed by atoms with Crippen LogP contribution in [0.5, 0.6) is 0 Å². The number of allylic oxidation sites excluding steroid dienone is 8. The number of hydrogen-bond acceptors (Lipinski definition) is 4. The van der Waals surface area contributed by atoms with Gasteiger partial charge >= 0.3 is 0 Å². The molecular weight excluding hydrogens is 520 g/mol. The van der Waals surface area contributed by atoms with Gasteiger partial charge in [0.2, 0.25) is 0 Å². The summed E-state index contributed by atoms with van der Waals surface area (Å²) in [5.41, 5.74) is 0.408. The Morgan fingerprint density at radius 2 is 1.57 bits per heavy atom. The number of Topliss-reactive ketones (excluding diaryl/α,β-unsaturated/α-hetero) is 3. The van der Waals surface area contributed by atoms with Crippen LogP contribution in [0.2, 0.25) is 0 Å². The number of carbonyl (C=O) groups is 3. The van der Waals surface area contributed by atoms with E-state index >= 15 is 9.59 Å². The van der Waals surface area contributed by atoms with Crippen LogP contribution >= 0.6 is 0 Å². The third-order valence-corrected chi connectivity index (χ3v) is 10.1. The summed E-state index contributed by atoms with van der Waals surface area (Å²) < 4.78 is 6.69. The second-order valence-corrected chi connectivity index (χ2v) is 14.6. The van der Waals surface area contributed by atoms with E-state index in [4.69, 9.17) is 4.74 Å². The van der Waals surface area contributed by atoms with Crippen molar-refractivity contribution in [2.45, 2.75) is 113 Å². The van der Waals surface area contributed by atoms with Crippen molar-refractivity contribution < 1.29 is 19.1 Å². The number of ketones is 3. The van der Waals surface area contributed by atoms with E-state index in [1.54, 1.807) is 12.1 Å². The number of ether oxygens (including phenoxy) is 1. The molecule has 1 aromatic rings. The molecule has 4 heteroatoms. The predicted octanol–water partition coefficient (Wildman–Crippen LogP) is 9.32. The lowest BCUT2D eigenvalue weighted by Gasteiger charge is -2.61. The minimum absolute atomic E-state index is 0.0798. The molecule has 3 atom stereocenters. The number of carbonyl (C=O) groups excluding carboxylic acids is 3. The maximum absolute atomic E-state index is 15.3. The molecule has 0 radical (unpaired) electrons. The van der Waals surface area contributed by atoms with Crippen molar-refractivity contribution in [3.8, 4) is 0 Å². The summed E-state index contributed by atoms with van der Waals surface area (Å²) in [6.07, 6.45) is 10.9. The molecule has 1 aliphatic heterocycles. The minimum Gasteiger partial charge on any atom is -0.490 e. The van der Waals surface area contributed by atoms with Gasteiger partial charge in [-0.25, -0.2) is 0 Å². The molecule has 1 heterocycles. The van der Waals surface area contributed by atoms with Crippen molar-refractivity contribution in [2.24, 2.45) is 22.2 Å². The smallest absolute Gasteiger partial charge is 0.184 e. The minimum atomic E-state index is -1.59. The molecule has 1 fully saturated rings. The molecule has 0 amide bonds. The number of fused-ring (bicyclic) bond motifs is 3. The van der Waals surface area contributed by atoms with Crippen molar-refractivity contribution in [2.75, 3.05) is 0 Å². The van der Waals surface area contributed by atoms with Gasteiger partial charge in [0.05, 0.1) is 5.41 Å². The van der Waals surface area contributed by atoms with Crippen molar-refractivity contribution in [1.29, 1.82) is 0 Å². The molecule has 2 aliphatic carbocycles. The van der Waals surface area contributed by atoms with Gasteiger partial charge in [-0.15, -0.1) is 0 Å². The van der Waals surface area contributed by atoms with Crippen LogP contribution in [0.4, 0.5) is 0 Å². The predicted molar refractivity (Wildman–Crippen MR) is 170 cm³/mol. The maximum Gasteiger partial charge on any atom is 0.184 e. The van der Waals surface area contributed by atoms with Gasteiger partial charge in [-0.05, 0) is 105 Å². The highest BCUT2D eigenvalue weighted by atomic mass is 16.5. The lowest BCUT2D eigenvalue weighted by atomic mass is 9.39.